The number of aromatic hydroxyl groups is 1. The monoisotopic (exact) mass is 345 g/mol. The Balaban J connectivity index is 2.21. The number of hydrogen-bond acceptors (Lipinski definition) is 7. The highest BCUT2D eigenvalue weighted by Crippen LogP contribution is 2.36. The number of phenols is 1. The van der Waals surface area contributed by atoms with E-state index in [0.29, 0.717) is 5.75 Å². The number of nitro benzene ring substituents is 1. The van der Waals surface area contributed by atoms with Gasteiger partial charge in [-0.1, -0.05) is 12.1 Å². The van der Waals surface area contributed by atoms with Gasteiger partial charge in [-0.05, 0) is 18.2 Å². The molecule has 2 aromatic carbocycles. The van der Waals surface area contributed by atoms with Gasteiger partial charge in [-0.3, -0.25) is 14.9 Å². The number of nitrogens with one attached hydrogen (secondary N) is 1. The summed E-state index contributed by atoms with van der Waals surface area (Å²) < 4.78 is 9.97. The van der Waals surface area contributed by atoms with E-state index in [0.717, 1.165) is 6.07 Å². The van der Waals surface area contributed by atoms with Crippen LogP contribution >= 0.6 is 0 Å². The van der Waals surface area contributed by atoms with Crippen LogP contribution in [0.1, 0.15) is 15.9 Å². The lowest BCUT2D eigenvalue weighted by Crippen LogP contribution is -2.18. The van der Waals surface area contributed by atoms with Crippen LogP contribution in [0.2, 0.25) is 0 Å². The summed E-state index contributed by atoms with van der Waals surface area (Å²) in [7, 11) is 2.71. The summed E-state index contributed by atoms with van der Waals surface area (Å²) in [5.41, 5.74) is 2.32. The molecule has 0 bridgehead atoms. The number of carbonyl (C=O) groups is 1. The van der Waals surface area contributed by atoms with Crippen molar-refractivity contribution in [3.05, 3.63) is 57.6 Å². The first-order chi connectivity index (χ1) is 12.0. The maximum atomic E-state index is 12.1. The Kier molecular flexibility index (Phi) is 5.51. The smallest absolute Gasteiger partial charge is 0.315 e. The molecule has 0 aliphatic heterocycles. The molecule has 0 atom stereocenters. The number of hydrazone groups is 1. The minimum atomic E-state index is -0.747. The highest BCUT2D eigenvalue weighted by Gasteiger charge is 2.19. The van der Waals surface area contributed by atoms with Crippen molar-refractivity contribution in [1.82, 2.24) is 5.43 Å². The fraction of sp³-hybridized carbons (Fsp3) is 0.125. The summed E-state index contributed by atoms with van der Waals surface area (Å²) in [5, 5.41) is 24.4. The third kappa shape index (κ3) is 4.02. The topological polar surface area (TPSA) is 123 Å². The average molecular weight is 345 g/mol. The van der Waals surface area contributed by atoms with Crippen LogP contribution in [0.15, 0.2) is 41.5 Å². The van der Waals surface area contributed by atoms with Gasteiger partial charge in [-0.25, -0.2) is 5.43 Å². The molecule has 25 heavy (non-hydrogen) atoms. The third-order valence-electron chi connectivity index (χ3n) is 3.23. The number of hydrogen-bond donors (Lipinski definition) is 2. The second kappa shape index (κ2) is 7.77. The Hall–Kier alpha value is -3.62. The first-order valence-electron chi connectivity index (χ1n) is 6.99. The van der Waals surface area contributed by atoms with E-state index >= 15 is 0 Å². The van der Waals surface area contributed by atoms with Gasteiger partial charge in [0.2, 0.25) is 5.75 Å². The fourth-order valence-corrected chi connectivity index (χ4v) is 2.04. The number of benzene rings is 2. The number of nitro groups is 1. The van der Waals surface area contributed by atoms with Gasteiger partial charge < -0.3 is 14.6 Å². The minimum absolute atomic E-state index is 0.0771. The van der Waals surface area contributed by atoms with Crippen LogP contribution < -0.4 is 14.9 Å². The lowest BCUT2D eigenvalue weighted by atomic mass is 10.2. The first-order valence-corrected chi connectivity index (χ1v) is 6.99. The number of phenolic OH excluding ortho intramolecular Hbond substituents is 1. The number of carbonyl (C=O) groups excluding carboxylic acids is 1. The standard InChI is InChI=1S/C16H15N3O6/c1-24-13-6-4-3-5-11(13)16(21)18-17-9-10-7-12(19(22)23)15(20)14(8-10)25-2/h3-9,20H,1-2H3,(H,18,21)/b17-9+. The van der Waals surface area contributed by atoms with Gasteiger partial charge >= 0.3 is 5.69 Å². The molecule has 0 radical (unpaired) electrons. The Morgan fingerprint density at radius 1 is 1.24 bits per heavy atom. The van der Waals surface area contributed by atoms with Crippen molar-refractivity contribution in [2.75, 3.05) is 14.2 Å². The van der Waals surface area contributed by atoms with Crippen LogP contribution in [0.5, 0.6) is 17.2 Å². The highest BCUT2D eigenvalue weighted by molar-refractivity contribution is 5.97. The summed E-state index contributed by atoms with van der Waals surface area (Å²) in [4.78, 5) is 22.3. The van der Waals surface area contributed by atoms with Gasteiger partial charge in [0.1, 0.15) is 5.75 Å². The predicted octanol–water partition coefficient (Wildman–Crippen LogP) is 2.08. The first kappa shape index (κ1) is 17.7. The summed E-state index contributed by atoms with van der Waals surface area (Å²) in [6, 6.07) is 9.05. The summed E-state index contributed by atoms with van der Waals surface area (Å²) in [5.74, 6) is -0.777. The summed E-state index contributed by atoms with van der Waals surface area (Å²) >= 11 is 0. The molecule has 0 aliphatic carbocycles. The molecule has 0 saturated heterocycles. The van der Waals surface area contributed by atoms with Gasteiger partial charge in [-0.2, -0.15) is 5.10 Å². The molecule has 0 saturated carbocycles. The highest BCUT2D eigenvalue weighted by atomic mass is 16.6. The minimum Gasteiger partial charge on any atom is -0.500 e. The predicted molar refractivity (Wildman–Crippen MR) is 89.4 cm³/mol. The molecule has 0 heterocycles. The molecule has 2 N–H and O–H groups in total. The van der Waals surface area contributed by atoms with E-state index in [1.807, 2.05) is 0 Å². The molecule has 0 aromatic heterocycles. The average Bonchev–Trinajstić information content (AvgIpc) is 2.62. The van der Waals surface area contributed by atoms with Crippen LogP contribution in [0.4, 0.5) is 5.69 Å². The number of amides is 1. The van der Waals surface area contributed by atoms with Crippen molar-refractivity contribution in [2.45, 2.75) is 0 Å². The normalized spacial score (nSPS) is 10.5. The third-order valence-corrected chi connectivity index (χ3v) is 3.23. The lowest BCUT2D eigenvalue weighted by Gasteiger charge is -2.06. The van der Waals surface area contributed by atoms with Crippen molar-refractivity contribution >= 4 is 17.8 Å². The van der Waals surface area contributed by atoms with Gasteiger partial charge in [0.05, 0.1) is 30.9 Å². The zero-order valence-corrected chi connectivity index (χ0v) is 13.4. The van der Waals surface area contributed by atoms with Gasteiger partial charge in [0, 0.05) is 11.6 Å². The molecule has 0 unspecified atom stereocenters. The van der Waals surface area contributed by atoms with Gasteiger partial charge in [0.15, 0.2) is 5.75 Å². The summed E-state index contributed by atoms with van der Waals surface area (Å²) in [6.45, 7) is 0. The van der Waals surface area contributed by atoms with E-state index in [4.69, 9.17) is 9.47 Å². The Bertz CT molecular complexity index is 835. The Morgan fingerprint density at radius 2 is 1.92 bits per heavy atom. The zero-order chi connectivity index (χ0) is 18.4. The Labute approximate surface area is 142 Å². The van der Waals surface area contributed by atoms with Crippen molar-refractivity contribution < 1.29 is 24.3 Å². The molecule has 9 nitrogen and oxygen atoms in total. The molecular formula is C16H15N3O6. The maximum absolute atomic E-state index is 12.1. The molecule has 9 heteroatoms. The van der Waals surface area contributed by atoms with Crippen LogP contribution in [-0.4, -0.2) is 36.4 Å². The molecule has 0 fully saturated rings. The van der Waals surface area contributed by atoms with Crippen molar-refractivity contribution in [1.29, 1.82) is 0 Å². The zero-order valence-electron chi connectivity index (χ0n) is 13.4. The van der Waals surface area contributed by atoms with E-state index in [-0.39, 0.29) is 16.9 Å². The molecule has 1 amide bonds. The number of rotatable bonds is 6. The number of methoxy groups -OCH3 is 2. The quantitative estimate of drug-likeness (QED) is 0.469. The van der Waals surface area contributed by atoms with Crippen molar-refractivity contribution in [3.63, 3.8) is 0 Å². The van der Waals surface area contributed by atoms with Gasteiger partial charge in [0.25, 0.3) is 5.91 Å². The SMILES string of the molecule is COc1ccccc1C(=O)N/N=C/c1cc(OC)c(O)c([N+](=O)[O-])c1. The van der Waals surface area contributed by atoms with E-state index < -0.39 is 22.3 Å². The molecule has 130 valence electrons. The van der Waals surface area contributed by atoms with Crippen LogP contribution in [0.25, 0.3) is 0 Å². The molecule has 2 aromatic rings. The van der Waals surface area contributed by atoms with Crippen LogP contribution in [0.3, 0.4) is 0 Å². The van der Waals surface area contributed by atoms with Crippen molar-refractivity contribution in [3.8, 4) is 17.2 Å². The van der Waals surface area contributed by atoms with E-state index in [9.17, 15) is 20.0 Å². The molecule has 2 rings (SSSR count). The Morgan fingerprint density at radius 3 is 2.56 bits per heavy atom. The maximum Gasteiger partial charge on any atom is 0.315 e. The largest absolute Gasteiger partial charge is 0.500 e. The summed E-state index contributed by atoms with van der Waals surface area (Å²) in [6.07, 6.45) is 1.20. The molecule has 0 spiro atoms. The van der Waals surface area contributed by atoms with E-state index in [1.54, 1.807) is 24.3 Å². The van der Waals surface area contributed by atoms with E-state index in [1.165, 1.54) is 26.5 Å². The number of nitrogens with zero attached hydrogens (tertiary/aromatic N) is 2. The van der Waals surface area contributed by atoms with Crippen LogP contribution in [0, 0.1) is 10.1 Å². The van der Waals surface area contributed by atoms with E-state index in [2.05, 4.69) is 10.5 Å². The second-order valence-corrected chi connectivity index (χ2v) is 4.75. The molecular weight excluding hydrogens is 330 g/mol. The number of para-hydroxylation sites is 1. The number of ether oxygens (including phenoxy) is 2. The van der Waals surface area contributed by atoms with Crippen molar-refractivity contribution in [2.24, 2.45) is 5.10 Å². The van der Waals surface area contributed by atoms with Gasteiger partial charge in [-0.15, -0.1) is 0 Å². The second-order valence-electron chi connectivity index (χ2n) is 4.75. The molecule has 0 aliphatic rings. The van der Waals surface area contributed by atoms with Crippen LogP contribution in [-0.2, 0) is 0 Å². The fourth-order valence-electron chi connectivity index (χ4n) is 2.04. The lowest BCUT2D eigenvalue weighted by molar-refractivity contribution is -0.386.